The quantitative estimate of drug-likeness (QED) is 0.329. The summed E-state index contributed by atoms with van der Waals surface area (Å²) in [6.07, 6.45) is 0. The highest BCUT2D eigenvalue weighted by Gasteiger charge is 2.25. The van der Waals surface area contributed by atoms with Crippen LogP contribution in [0.1, 0.15) is 17.3 Å². The number of hydrogen-bond donors (Lipinski definition) is 2. The number of nitrogens with one attached hydrogen (secondary N) is 1. The molecule has 0 unspecified atom stereocenters. The van der Waals surface area contributed by atoms with Gasteiger partial charge in [0.2, 0.25) is 0 Å². The smallest absolute Gasteiger partial charge is 0.342 e. The molecule has 2 N–H and O–H groups in total. The average Bonchev–Trinajstić information content (AvgIpc) is 2.79. The zero-order chi connectivity index (χ0) is 24.9. The number of esters is 1. The fourth-order valence-corrected chi connectivity index (χ4v) is 4.88. The van der Waals surface area contributed by atoms with E-state index in [1.165, 1.54) is 50.4 Å². The second kappa shape index (κ2) is 10.0. The van der Waals surface area contributed by atoms with Gasteiger partial charge in [-0.15, -0.1) is 0 Å². The summed E-state index contributed by atoms with van der Waals surface area (Å²) in [5.74, 6) is -1.51. The summed E-state index contributed by atoms with van der Waals surface area (Å²) in [5, 5.41) is 9.88. The number of carbonyl (C=O) groups excluding carboxylic acids is 1. The molecular weight excluding hydrogens is 486 g/mol. The van der Waals surface area contributed by atoms with Gasteiger partial charge in [0.05, 0.1) is 24.3 Å². The largest absolute Gasteiger partial charge is 0.504 e. The number of phenolic OH excluding ortho intramolecular Hbond substituents is 1. The Balaban J connectivity index is 1.99. The molecule has 0 atom stereocenters. The van der Waals surface area contributed by atoms with Crippen LogP contribution in [0.25, 0.3) is 0 Å². The predicted molar refractivity (Wildman–Crippen MR) is 122 cm³/mol. The number of benzene rings is 3. The fourth-order valence-electron chi connectivity index (χ4n) is 2.84. The maximum atomic E-state index is 12.9. The van der Waals surface area contributed by atoms with Crippen LogP contribution in [0, 0.1) is 0 Å². The van der Waals surface area contributed by atoms with E-state index >= 15 is 0 Å². The Morgan fingerprint density at radius 2 is 1.59 bits per heavy atom. The van der Waals surface area contributed by atoms with E-state index in [0.29, 0.717) is 0 Å². The third-order valence-corrected chi connectivity index (χ3v) is 7.05. The van der Waals surface area contributed by atoms with E-state index in [9.17, 15) is 26.7 Å². The van der Waals surface area contributed by atoms with E-state index in [-0.39, 0.29) is 33.6 Å². The number of ether oxygens (including phenoxy) is 2. The minimum Gasteiger partial charge on any atom is -0.504 e. The molecule has 0 heterocycles. The molecule has 0 aliphatic heterocycles. The number of sulfonamides is 1. The van der Waals surface area contributed by atoms with Crippen LogP contribution >= 0.6 is 0 Å². The van der Waals surface area contributed by atoms with Crippen molar-refractivity contribution in [1.82, 2.24) is 0 Å². The van der Waals surface area contributed by atoms with Crippen molar-refractivity contribution < 1.29 is 40.4 Å². The molecule has 0 bridgehead atoms. The van der Waals surface area contributed by atoms with Crippen molar-refractivity contribution in [2.24, 2.45) is 0 Å². The zero-order valence-corrected chi connectivity index (χ0v) is 19.7. The van der Waals surface area contributed by atoms with E-state index in [4.69, 9.17) is 13.7 Å². The molecule has 3 aromatic carbocycles. The Labute approximate surface area is 196 Å². The molecule has 3 rings (SSSR count). The number of anilines is 1. The van der Waals surface area contributed by atoms with Crippen molar-refractivity contribution in [2.45, 2.75) is 16.7 Å². The van der Waals surface area contributed by atoms with Crippen LogP contribution in [0.5, 0.6) is 17.2 Å². The van der Waals surface area contributed by atoms with Crippen LogP contribution < -0.4 is 13.6 Å². The maximum Gasteiger partial charge on any atom is 0.342 e. The first kappa shape index (κ1) is 24.9. The maximum absolute atomic E-state index is 12.9. The van der Waals surface area contributed by atoms with E-state index in [0.717, 1.165) is 24.3 Å². The van der Waals surface area contributed by atoms with E-state index in [1.807, 2.05) is 0 Å². The highest BCUT2D eigenvalue weighted by molar-refractivity contribution is 7.92. The van der Waals surface area contributed by atoms with E-state index < -0.39 is 37.4 Å². The van der Waals surface area contributed by atoms with Gasteiger partial charge in [0.1, 0.15) is 10.5 Å². The van der Waals surface area contributed by atoms with Gasteiger partial charge in [0.25, 0.3) is 10.0 Å². The number of hydrogen-bond acceptors (Lipinski definition) is 9. The highest BCUT2D eigenvalue weighted by atomic mass is 32.2. The normalized spacial score (nSPS) is 11.5. The second-order valence-corrected chi connectivity index (χ2v) is 9.95. The first-order valence-corrected chi connectivity index (χ1v) is 12.7. The molecular formula is C22H21NO9S2. The monoisotopic (exact) mass is 507 g/mol. The van der Waals surface area contributed by atoms with Crippen LogP contribution in [-0.2, 0) is 24.9 Å². The molecule has 0 saturated carbocycles. The van der Waals surface area contributed by atoms with Gasteiger partial charge >= 0.3 is 16.1 Å². The molecule has 0 aliphatic rings. The standard InChI is InChI=1S/C22H21NO9S2/c1-3-31-22(25)18-14-17(33(26,27)23-15-9-11-21(30-2)19(24)13-15)10-12-20(18)32-34(28,29)16-7-5-4-6-8-16/h4-14,23-24H,3H2,1-2H3. The van der Waals surface area contributed by atoms with Gasteiger partial charge in [-0.3, -0.25) is 4.72 Å². The Morgan fingerprint density at radius 3 is 2.21 bits per heavy atom. The van der Waals surface area contributed by atoms with Crippen molar-refractivity contribution in [1.29, 1.82) is 0 Å². The number of rotatable bonds is 9. The van der Waals surface area contributed by atoms with Crippen LogP contribution in [-0.4, -0.2) is 41.6 Å². The van der Waals surface area contributed by atoms with Crippen molar-refractivity contribution in [3.8, 4) is 17.2 Å². The summed E-state index contributed by atoms with van der Waals surface area (Å²) in [4.78, 5) is 12.0. The van der Waals surface area contributed by atoms with Gasteiger partial charge in [0.15, 0.2) is 17.2 Å². The lowest BCUT2D eigenvalue weighted by molar-refractivity contribution is 0.0524. The van der Waals surface area contributed by atoms with Crippen molar-refractivity contribution >= 4 is 31.8 Å². The zero-order valence-electron chi connectivity index (χ0n) is 18.1. The Kier molecular flexibility index (Phi) is 7.32. The van der Waals surface area contributed by atoms with Crippen molar-refractivity contribution in [3.05, 3.63) is 72.3 Å². The second-order valence-electron chi connectivity index (χ2n) is 6.72. The van der Waals surface area contributed by atoms with E-state index in [1.54, 1.807) is 6.07 Å². The molecule has 0 aromatic heterocycles. The molecule has 0 radical (unpaired) electrons. The van der Waals surface area contributed by atoms with Crippen LogP contribution in [0.2, 0.25) is 0 Å². The first-order chi connectivity index (χ1) is 16.1. The molecule has 0 fully saturated rings. The molecule has 0 saturated heterocycles. The molecule has 180 valence electrons. The van der Waals surface area contributed by atoms with Gasteiger partial charge < -0.3 is 18.8 Å². The summed E-state index contributed by atoms with van der Waals surface area (Å²) >= 11 is 0. The van der Waals surface area contributed by atoms with Crippen LogP contribution in [0.4, 0.5) is 5.69 Å². The fraction of sp³-hybridized carbons (Fsp3) is 0.136. The van der Waals surface area contributed by atoms with E-state index in [2.05, 4.69) is 4.72 Å². The molecule has 3 aromatic rings. The van der Waals surface area contributed by atoms with Gasteiger partial charge in [-0.1, -0.05) is 18.2 Å². The van der Waals surface area contributed by atoms with Crippen molar-refractivity contribution in [3.63, 3.8) is 0 Å². The minimum absolute atomic E-state index is 0.0305. The summed E-state index contributed by atoms with van der Waals surface area (Å²) in [6.45, 7) is 1.50. The van der Waals surface area contributed by atoms with Crippen LogP contribution in [0.3, 0.4) is 0 Å². The third-order valence-electron chi connectivity index (χ3n) is 4.42. The lowest BCUT2D eigenvalue weighted by Gasteiger charge is -2.14. The molecule has 34 heavy (non-hydrogen) atoms. The minimum atomic E-state index is -4.31. The summed E-state index contributed by atoms with van der Waals surface area (Å²) in [6, 6.07) is 14.2. The lowest BCUT2D eigenvalue weighted by Crippen LogP contribution is -2.17. The van der Waals surface area contributed by atoms with Gasteiger partial charge in [-0.2, -0.15) is 8.42 Å². The Morgan fingerprint density at radius 1 is 0.912 bits per heavy atom. The lowest BCUT2D eigenvalue weighted by atomic mass is 10.2. The topological polar surface area (TPSA) is 145 Å². The molecule has 0 aliphatic carbocycles. The van der Waals surface area contributed by atoms with Gasteiger partial charge in [-0.05, 0) is 49.4 Å². The Hall–Kier alpha value is -3.77. The molecule has 12 heteroatoms. The molecule has 0 spiro atoms. The summed E-state index contributed by atoms with van der Waals surface area (Å²) < 4.78 is 68.2. The number of carbonyl (C=O) groups is 1. The number of methoxy groups -OCH3 is 1. The molecule has 0 amide bonds. The molecule has 10 nitrogen and oxygen atoms in total. The van der Waals surface area contributed by atoms with Gasteiger partial charge in [-0.25, -0.2) is 13.2 Å². The SMILES string of the molecule is CCOC(=O)c1cc(S(=O)(=O)Nc2ccc(OC)c(O)c2)ccc1OS(=O)(=O)c1ccccc1. The van der Waals surface area contributed by atoms with Gasteiger partial charge in [0, 0.05) is 6.07 Å². The summed E-state index contributed by atoms with van der Waals surface area (Å²) in [7, 11) is -7.21. The highest BCUT2D eigenvalue weighted by Crippen LogP contribution is 2.31. The Bertz CT molecular complexity index is 1400. The third kappa shape index (κ3) is 5.58. The van der Waals surface area contributed by atoms with Crippen LogP contribution in [0.15, 0.2) is 76.5 Å². The first-order valence-electron chi connectivity index (χ1n) is 9.78. The number of aromatic hydroxyl groups is 1. The summed E-state index contributed by atoms with van der Waals surface area (Å²) in [5.41, 5.74) is -0.371. The van der Waals surface area contributed by atoms with Crippen molar-refractivity contribution in [2.75, 3.05) is 18.4 Å². The average molecular weight is 508 g/mol. The number of phenols is 1. The predicted octanol–water partition coefficient (Wildman–Crippen LogP) is 3.15.